The Morgan fingerprint density at radius 2 is 1.78 bits per heavy atom. The highest BCUT2D eigenvalue weighted by molar-refractivity contribution is 5.39. The number of aromatic hydroxyl groups is 2. The third-order valence-electron chi connectivity index (χ3n) is 2.97. The van der Waals surface area contributed by atoms with Crippen molar-refractivity contribution in [3.63, 3.8) is 0 Å². The summed E-state index contributed by atoms with van der Waals surface area (Å²) in [7, 11) is 0. The van der Waals surface area contributed by atoms with E-state index < -0.39 is 0 Å². The summed E-state index contributed by atoms with van der Waals surface area (Å²) in [5.41, 5.74) is 2.12. The van der Waals surface area contributed by atoms with Crippen molar-refractivity contribution in [3.05, 3.63) is 53.9 Å². The largest absolute Gasteiger partial charge is 0.508 e. The molecule has 94 valence electrons. The van der Waals surface area contributed by atoms with Crippen molar-refractivity contribution in [3.8, 4) is 11.5 Å². The summed E-state index contributed by atoms with van der Waals surface area (Å²) in [6.07, 6.45) is 5.32. The van der Waals surface area contributed by atoms with E-state index in [2.05, 4.69) is 11.9 Å². The van der Waals surface area contributed by atoms with Gasteiger partial charge in [0.2, 0.25) is 0 Å². The summed E-state index contributed by atoms with van der Waals surface area (Å²) in [6, 6.07) is 8.77. The minimum Gasteiger partial charge on any atom is -0.508 e. The molecule has 0 fully saturated rings. The fourth-order valence-electron chi connectivity index (χ4n) is 2.09. The van der Waals surface area contributed by atoms with Crippen LogP contribution in [0.15, 0.2) is 42.7 Å². The number of aromatic nitrogens is 1. The van der Waals surface area contributed by atoms with Gasteiger partial charge >= 0.3 is 0 Å². The van der Waals surface area contributed by atoms with Crippen LogP contribution in [0.25, 0.3) is 0 Å². The highest BCUT2D eigenvalue weighted by Gasteiger charge is 2.09. The molecule has 2 rings (SSSR count). The van der Waals surface area contributed by atoms with Gasteiger partial charge in [0.05, 0.1) is 0 Å². The summed E-state index contributed by atoms with van der Waals surface area (Å²) < 4.78 is 0. The van der Waals surface area contributed by atoms with E-state index in [1.54, 1.807) is 24.5 Å². The highest BCUT2D eigenvalue weighted by Crippen LogP contribution is 2.25. The molecule has 0 amide bonds. The molecule has 18 heavy (non-hydrogen) atoms. The Bertz CT molecular complexity index is 511. The van der Waals surface area contributed by atoms with Crippen LogP contribution in [0.1, 0.15) is 18.1 Å². The molecule has 0 saturated carbocycles. The van der Waals surface area contributed by atoms with E-state index in [4.69, 9.17) is 0 Å². The van der Waals surface area contributed by atoms with Crippen LogP contribution in [0.4, 0.5) is 0 Å². The maximum absolute atomic E-state index is 9.74. The summed E-state index contributed by atoms with van der Waals surface area (Å²) >= 11 is 0. The molecule has 1 unspecified atom stereocenters. The monoisotopic (exact) mass is 243 g/mol. The summed E-state index contributed by atoms with van der Waals surface area (Å²) in [5.74, 6) is 0.678. The lowest BCUT2D eigenvalue weighted by molar-refractivity contribution is 0.440. The predicted octanol–water partition coefficient (Wildman–Crippen LogP) is 2.91. The first-order valence-corrected chi connectivity index (χ1v) is 6.05. The van der Waals surface area contributed by atoms with Crippen molar-refractivity contribution >= 4 is 0 Å². The van der Waals surface area contributed by atoms with Crippen LogP contribution in [0.3, 0.4) is 0 Å². The first-order valence-electron chi connectivity index (χ1n) is 6.05. The fourth-order valence-corrected chi connectivity index (χ4v) is 2.09. The van der Waals surface area contributed by atoms with E-state index in [9.17, 15) is 10.2 Å². The molecule has 0 aliphatic carbocycles. The van der Waals surface area contributed by atoms with Crippen LogP contribution in [-0.4, -0.2) is 15.2 Å². The fraction of sp³-hybridized carbons (Fsp3) is 0.267. The number of hydrogen-bond donors (Lipinski definition) is 2. The van der Waals surface area contributed by atoms with E-state index in [0.717, 1.165) is 18.4 Å². The first-order chi connectivity index (χ1) is 8.65. The van der Waals surface area contributed by atoms with Crippen LogP contribution in [0, 0.1) is 5.92 Å². The molecule has 0 aliphatic rings. The maximum Gasteiger partial charge on any atom is 0.122 e. The lowest BCUT2D eigenvalue weighted by Crippen LogP contribution is -2.04. The normalized spacial score (nSPS) is 12.3. The number of nitrogens with zero attached hydrogens (tertiary/aromatic N) is 1. The molecule has 1 heterocycles. The van der Waals surface area contributed by atoms with Crippen LogP contribution in [0.5, 0.6) is 11.5 Å². The molecule has 1 aromatic heterocycles. The minimum atomic E-state index is 0.0954. The summed E-state index contributed by atoms with van der Waals surface area (Å²) in [6.45, 7) is 2.15. The molecule has 1 atom stereocenters. The molecule has 1 aromatic carbocycles. The van der Waals surface area contributed by atoms with Crippen molar-refractivity contribution in [1.82, 2.24) is 4.98 Å². The van der Waals surface area contributed by atoms with Crippen LogP contribution < -0.4 is 0 Å². The molecular weight excluding hydrogens is 226 g/mol. The van der Waals surface area contributed by atoms with Gasteiger partial charge < -0.3 is 10.2 Å². The van der Waals surface area contributed by atoms with Gasteiger partial charge in [-0.3, -0.25) is 4.98 Å². The second-order valence-electron chi connectivity index (χ2n) is 4.68. The number of pyridine rings is 1. The molecule has 0 saturated heterocycles. The van der Waals surface area contributed by atoms with Crippen molar-refractivity contribution in [1.29, 1.82) is 0 Å². The smallest absolute Gasteiger partial charge is 0.122 e. The summed E-state index contributed by atoms with van der Waals surface area (Å²) in [5, 5.41) is 19.0. The predicted molar refractivity (Wildman–Crippen MR) is 70.6 cm³/mol. The Labute approximate surface area is 107 Å². The van der Waals surface area contributed by atoms with Crippen LogP contribution in [-0.2, 0) is 12.8 Å². The molecule has 3 heteroatoms. The average molecular weight is 243 g/mol. The van der Waals surface area contributed by atoms with Gasteiger partial charge in [-0.05, 0) is 48.1 Å². The lowest BCUT2D eigenvalue weighted by Gasteiger charge is -2.12. The van der Waals surface area contributed by atoms with E-state index in [1.807, 2.05) is 12.1 Å². The second kappa shape index (κ2) is 5.54. The number of hydrogen-bond acceptors (Lipinski definition) is 3. The Morgan fingerprint density at radius 3 is 2.44 bits per heavy atom. The van der Waals surface area contributed by atoms with Gasteiger partial charge in [0.15, 0.2) is 0 Å². The second-order valence-corrected chi connectivity index (χ2v) is 4.68. The quantitative estimate of drug-likeness (QED) is 0.868. The van der Waals surface area contributed by atoms with Crippen LogP contribution in [0.2, 0.25) is 0 Å². The van der Waals surface area contributed by atoms with Crippen molar-refractivity contribution in [2.75, 3.05) is 0 Å². The van der Waals surface area contributed by atoms with E-state index >= 15 is 0 Å². The Hall–Kier alpha value is -2.03. The standard InChI is InChI=1S/C15H17NO2/c1-11(8-12-4-6-16-7-5-12)9-13-2-3-14(17)10-15(13)18/h2-7,10-11,17-18H,8-9H2,1H3. The highest BCUT2D eigenvalue weighted by atomic mass is 16.3. The molecule has 0 aliphatic heterocycles. The van der Waals surface area contributed by atoms with Gasteiger partial charge in [-0.15, -0.1) is 0 Å². The SMILES string of the molecule is CC(Cc1ccncc1)Cc1ccc(O)cc1O. The van der Waals surface area contributed by atoms with E-state index in [-0.39, 0.29) is 11.5 Å². The van der Waals surface area contributed by atoms with Gasteiger partial charge in [-0.25, -0.2) is 0 Å². The first kappa shape index (κ1) is 12.4. The van der Waals surface area contributed by atoms with E-state index in [0.29, 0.717) is 5.92 Å². The third-order valence-corrected chi connectivity index (χ3v) is 2.97. The molecule has 3 nitrogen and oxygen atoms in total. The zero-order valence-corrected chi connectivity index (χ0v) is 10.4. The molecule has 0 radical (unpaired) electrons. The van der Waals surface area contributed by atoms with Crippen molar-refractivity contribution < 1.29 is 10.2 Å². The molecule has 0 spiro atoms. The minimum absolute atomic E-state index is 0.0954. The lowest BCUT2D eigenvalue weighted by atomic mass is 9.94. The third kappa shape index (κ3) is 3.23. The van der Waals surface area contributed by atoms with E-state index in [1.165, 1.54) is 11.6 Å². The summed E-state index contributed by atoms with van der Waals surface area (Å²) in [4.78, 5) is 3.99. The number of rotatable bonds is 4. The van der Waals surface area contributed by atoms with Gasteiger partial charge in [-0.1, -0.05) is 13.0 Å². The number of phenolic OH excluding ortho intramolecular Hbond substituents is 2. The Morgan fingerprint density at radius 1 is 1.06 bits per heavy atom. The molecular formula is C15H17NO2. The Balaban J connectivity index is 2.01. The molecule has 0 bridgehead atoms. The topological polar surface area (TPSA) is 53.4 Å². The van der Waals surface area contributed by atoms with Crippen molar-refractivity contribution in [2.24, 2.45) is 5.92 Å². The van der Waals surface area contributed by atoms with Crippen LogP contribution >= 0.6 is 0 Å². The van der Waals surface area contributed by atoms with Crippen molar-refractivity contribution in [2.45, 2.75) is 19.8 Å². The number of phenols is 2. The maximum atomic E-state index is 9.74. The zero-order valence-electron chi connectivity index (χ0n) is 10.4. The van der Waals surface area contributed by atoms with Gasteiger partial charge in [-0.2, -0.15) is 0 Å². The van der Waals surface area contributed by atoms with Gasteiger partial charge in [0.25, 0.3) is 0 Å². The number of benzene rings is 1. The average Bonchev–Trinajstić information content (AvgIpc) is 2.34. The zero-order chi connectivity index (χ0) is 13.0. The Kier molecular flexibility index (Phi) is 3.82. The van der Waals surface area contributed by atoms with Gasteiger partial charge in [0.1, 0.15) is 11.5 Å². The molecule has 2 aromatic rings. The van der Waals surface area contributed by atoms with Gasteiger partial charge in [0, 0.05) is 18.5 Å². The molecule has 2 N–H and O–H groups in total.